The van der Waals surface area contributed by atoms with Crippen molar-refractivity contribution in [3.05, 3.63) is 58.8 Å². The van der Waals surface area contributed by atoms with Crippen molar-refractivity contribution < 1.29 is 14.0 Å². The fourth-order valence-electron chi connectivity index (χ4n) is 2.70. The summed E-state index contributed by atoms with van der Waals surface area (Å²) in [4.78, 5) is 23.4. The summed E-state index contributed by atoms with van der Waals surface area (Å²) in [6, 6.07) is 10.3. The molecular formula is C20H19ClN6O3S. The zero-order chi connectivity index (χ0) is 22.2. The Morgan fingerprint density at radius 3 is 2.81 bits per heavy atom. The van der Waals surface area contributed by atoms with E-state index in [-0.39, 0.29) is 23.8 Å². The molecule has 11 heteroatoms. The number of nitriles is 1. The predicted molar refractivity (Wildman–Crippen MR) is 115 cm³/mol. The number of nitrogens with two attached hydrogens (primary N) is 1. The van der Waals surface area contributed by atoms with E-state index in [1.54, 1.807) is 24.5 Å². The number of primary amides is 1. The number of benzene rings is 1. The highest BCUT2D eigenvalue weighted by Gasteiger charge is 2.15. The highest BCUT2D eigenvalue weighted by molar-refractivity contribution is 7.99. The number of hydrogen-bond donors (Lipinski definition) is 2. The number of aromatic nitrogens is 3. The molecule has 0 saturated carbocycles. The molecule has 0 unspecified atom stereocenters. The third-order valence-electron chi connectivity index (χ3n) is 4.22. The number of carbonyl (C=O) groups is 2. The van der Waals surface area contributed by atoms with Crippen LogP contribution >= 0.6 is 23.4 Å². The van der Waals surface area contributed by atoms with E-state index in [1.807, 2.05) is 16.7 Å². The van der Waals surface area contributed by atoms with Crippen LogP contribution in [0.1, 0.15) is 30.0 Å². The molecule has 31 heavy (non-hydrogen) atoms. The molecule has 3 rings (SSSR count). The fourth-order valence-corrected chi connectivity index (χ4v) is 3.82. The quantitative estimate of drug-likeness (QED) is 0.445. The molecule has 0 saturated heterocycles. The molecule has 2 amide bonds. The molecule has 2 heterocycles. The van der Waals surface area contributed by atoms with Crippen LogP contribution in [0.2, 0.25) is 5.02 Å². The summed E-state index contributed by atoms with van der Waals surface area (Å²) in [7, 11) is 0. The molecule has 0 atom stereocenters. The second-order valence-corrected chi connectivity index (χ2v) is 7.95. The maximum atomic E-state index is 12.3. The summed E-state index contributed by atoms with van der Waals surface area (Å²) in [6.07, 6.45) is 2.34. The van der Waals surface area contributed by atoms with Crippen LogP contribution in [0.25, 0.3) is 0 Å². The Bertz CT molecular complexity index is 1110. The van der Waals surface area contributed by atoms with E-state index in [0.717, 1.165) is 5.76 Å². The number of furan rings is 1. The number of thioether (sulfide) groups is 1. The lowest BCUT2D eigenvalue weighted by Gasteiger charge is -2.09. The standard InChI is InChI=1S/C20H19ClN6O3S/c21-16-10-14(4-3-13(16)11-22)24-19(29)7-9-31-20-26-25-18(6-5-17(23)28)27(20)12-15-2-1-8-30-15/h1-4,8,10H,5-7,9,12H2,(H2,23,28)(H,24,29). The molecule has 3 N–H and O–H groups in total. The minimum atomic E-state index is -0.415. The van der Waals surface area contributed by atoms with Gasteiger partial charge in [0.05, 0.1) is 23.4 Å². The van der Waals surface area contributed by atoms with Gasteiger partial charge in [0.25, 0.3) is 0 Å². The number of aryl methyl sites for hydroxylation is 1. The molecule has 9 nitrogen and oxygen atoms in total. The van der Waals surface area contributed by atoms with Crippen molar-refractivity contribution in [2.75, 3.05) is 11.1 Å². The van der Waals surface area contributed by atoms with Crippen molar-refractivity contribution in [2.45, 2.75) is 31.0 Å². The predicted octanol–water partition coefficient (Wildman–Crippen LogP) is 2.98. The number of carbonyl (C=O) groups excluding carboxylic acids is 2. The Balaban J connectivity index is 1.60. The summed E-state index contributed by atoms with van der Waals surface area (Å²) < 4.78 is 7.26. The van der Waals surface area contributed by atoms with Gasteiger partial charge in [-0.05, 0) is 30.3 Å². The van der Waals surface area contributed by atoms with E-state index in [2.05, 4.69) is 15.5 Å². The highest BCUT2D eigenvalue weighted by Crippen LogP contribution is 2.22. The average molecular weight is 459 g/mol. The van der Waals surface area contributed by atoms with Gasteiger partial charge in [-0.2, -0.15) is 5.26 Å². The van der Waals surface area contributed by atoms with Gasteiger partial charge in [0.2, 0.25) is 11.8 Å². The van der Waals surface area contributed by atoms with E-state index >= 15 is 0 Å². The van der Waals surface area contributed by atoms with Gasteiger partial charge in [-0.25, -0.2) is 0 Å². The van der Waals surface area contributed by atoms with Crippen molar-refractivity contribution in [3.8, 4) is 6.07 Å². The first-order valence-electron chi connectivity index (χ1n) is 9.31. The number of nitrogens with one attached hydrogen (secondary N) is 1. The number of halogens is 1. The first-order valence-corrected chi connectivity index (χ1v) is 10.7. The minimum Gasteiger partial charge on any atom is -0.467 e. The van der Waals surface area contributed by atoms with Gasteiger partial charge in [-0.3, -0.25) is 14.2 Å². The molecule has 0 aliphatic carbocycles. The van der Waals surface area contributed by atoms with Crippen molar-refractivity contribution in [3.63, 3.8) is 0 Å². The van der Waals surface area contributed by atoms with E-state index in [1.165, 1.54) is 17.8 Å². The Hall–Kier alpha value is -3.29. The van der Waals surface area contributed by atoms with E-state index in [9.17, 15) is 9.59 Å². The van der Waals surface area contributed by atoms with Gasteiger partial charge < -0.3 is 15.5 Å². The Labute approximate surface area is 187 Å². The van der Waals surface area contributed by atoms with Crippen molar-refractivity contribution >= 4 is 40.9 Å². The third-order valence-corrected chi connectivity index (χ3v) is 5.50. The van der Waals surface area contributed by atoms with Gasteiger partial charge in [-0.1, -0.05) is 23.4 Å². The number of hydrogen-bond acceptors (Lipinski definition) is 7. The SMILES string of the molecule is N#Cc1ccc(NC(=O)CCSc2nnc(CCC(N)=O)n2Cc2ccco2)cc1Cl. The van der Waals surface area contributed by atoms with Crippen molar-refractivity contribution in [1.29, 1.82) is 5.26 Å². The van der Waals surface area contributed by atoms with Crippen LogP contribution in [0.5, 0.6) is 0 Å². The molecule has 0 spiro atoms. The van der Waals surface area contributed by atoms with Gasteiger partial charge in [0.1, 0.15) is 17.7 Å². The normalized spacial score (nSPS) is 10.6. The molecular weight excluding hydrogens is 440 g/mol. The zero-order valence-electron chi connectivity index (χ0n) is 16.4. The van der Waals surface area contributed by atoms with Gasteiger partial charge >= 0.3 is 0 Å². The van der Waals surface area contributed by atoms with Crippen LogP contribution in [0.15, 0.2) is 46.2 Å². The molecule has 0 aliphatic heterocycles. The topological polar surface area (TPSA) is 140 Å². The van der Waals surface area contributed by atoms with Gasteiger partial charge in [0, 0.05) is 30.7 Å². The number of amides is 2. The Morgan fingerprint density at radius 1 is 1.29 bits per heavy atom. The molecule has 0 radical (unpaired) electrons. The maximum absolute atomic E-state index is 12.3. The van der Waals surface area contributed by atoms with Gasteiger partial charge in [0.15, 0.2) is 5.16 Å². The van der Waals surface area contributed by atoms with Crippen LogP contribution in [-0.4, -0.2) is 32.3 Å². The van der Waals surface area contributed by atoms with E-state index < -0.39 is 5.91 Å². The van der Waals surface area contributed by atoms with Crippen LogP contribution in [0.3, 0.4) is 0 Å². The summed E-state index contributed by atoms with van der Waals surface area (Å²) in [5.41, 5.74) is 6.11. The van der Waals surface area contributed by atoms with E-state index in [0.29, 0.717) is 41.0 Å². The number of nitrogens with zero attached hydrogens (tertiary/aromatic N) is 4. The van der Waals surface area contributed by atoms with Crippen LogP contribution in [0.4, 0.5) is 5.69 Å². The van der Waals surface area contributed by atoms with Crippen LogP contribution in [-0.2, 0) is 22.6 Å². The van der Waals surface area contributed by atoms with E-state index in [4.69, 9.17) is 27.0 Å². The van der Waals surface area contributed by atoms with Gasteiger partial charge in [-0.15, -0.1) is 10.2 Å². The van der Waals surface area contributed by atoms with Crippen molar-refractivity contribution in [2.24, 2.45) is 5.73 Å². The van der Waals surface area contributed by atoms with Crippen LogP contribution < -0.4 is 11.1 Å². The number of rotatable bonds is 10. The molecule has 0 bridgehead atoms. The fraction of sp³-hybridized carbons (Fsp3) is 0.250. The third kappa shape index (κ3) is 6.34. The number of anilines is 1. The summed E-state index contributed by atoms with van der Waals surface area (Å²) in [5, 5.41) is 20.9. The lowest BCUT2D eigenvalue weighted by Crippen LogP contribution is -2.14. The second kappa shape index (κ2) is 10.7. The molecule has 3 aromatic rings. The largest absolute Gasteiger partial charge is 0.467 e. The highest BCUT2D eigenvalue weighted by atomic mass is 35.5. The first-order chi connectivity index (χ1) is 15.0. The summed E-state index contributed by atoms with van der Waals surface area (Å²) in [5.74, 6) is 1.19. The first kappa shape index (κ1) is 22.4. The summed E-state index contributed by atoms with van der Waals surface area (Å²) >= 11 is 7.36. The monoisotopic (exact) mass is 458 g/mol. The lowest BCUT2D eigenvalue weighted by atomic mass is 10.2. The molecule has 160 valence electrons. The zero-order valence-corrected chi connectivity index (χ0v) is 17.9. The average Bonchev–Trinajstić information content (AvgIpc) is 3.37. The second-order valence-electron chi connectivity index (χ2n) is 6.48. The maximum Gasteiger partial charge on any atom is 0.225 e. The smallest absolute Gasteiger partial charge is 0.225 e. The molecule has 0 aliphatic rings. The summed E-state index contributed by atoms with van der Waals surface area (Å²) in [6.45, 7) is 0.409. The van der Waals surface area contributed by atoms with Crippen molar-refractivity contribution in [1.82, 2.24) is 14.8 Å². The Kier molecular flexibility index (Phi) is 7.70. The molecule has 2 aromatic heterocycles. The lowest BCUT2D eigenvalue weighted by molar-refractivity contribution is -0.118. The Morgan fingerprint density at radius 2 is 2.13 bits per heavy atom. The molecule has 1 aromatic carbocycles. The van der Waals surface area contributed by atoms with Crippen LogP contribution in [0, 0.1) is 11.3 Å². The minimum absolute atomic E-state index is 0.163. The molecule has 0 fully saturated rings.